The number of carbonyl (C=O) groups excluding carboxylic acids is 1. The Hall–Kier alpha value is -2.94. The number of carboxylic acids is 1. The monoisotopic (exact) mass is 323 g/mol. The number of allylic oxidation sites excluding steroid dienone is 2. The maximum absolute atomic E-state index is 12.8. The predicted molar refractivity (Wildman–Crippen MR) is 85.6 cm³/mol. The molecule has 0 unspecified atom stereocenters. The molecule has 1 amide bonds. The number of fused-ring (bicyclic) bond motifs is 1. The second kappa shape index (κ2) is 6.28. The molecule has 2 heterocycles. The molecule has 0 spiro atoms. The van der Waals surface area contributed by atoms with Crippen molar-refractivity contribution in [3.8, 4) is 6.07 Å². The van der Waals surface area contributed by atoms with E-state index in [1.54, 1.807) is 17.0 Å². The molecule has 1 fully saturated rings. The molecule has 0 aromatic carbocycles. The molecule has 1 aliphatic carbocycles. The first-order valence-electron chi connectivity index (χ1n) is 7.88. The van der Waals surface area contributed by atoms with Crippen LogP contribution in [0.2, 0.25) is 0 Å². The van der Waals surface area contributed by atoms with E-state index in [1.807, 2.05) is 25.1 Å². The SMILES string of the molecule is CCN1C(=O)C2=CCCC=C2[C@H](C(=O)O)[C@@H]1c1ccc(C#N)nc1. The fourth-order valence-electron chi connectivity index (χ4n) is 3.46. The highest BCUT2D eigenvalue weighted by Crippen LogP contribution is 2.43. The molecule has 0 bridgehead atoms. The average molecular weight is 323 g/mol. The van der Waals surface area contributed by atoms with Crippen molar-refractivity contribution in [3.63, 3.8) is 0 Å². The number of likely N-dealkylation sites (N-methyl/N-ethyl adjacent to an activating group) is 1. The van der Waals surface area contributed by atoms with Crippen molar-refractivity contribution in [2.75, 3.05) is 6.54 Å². The number of amides is 1. The fourth-order valence-corrected chi connectivity index (χ4v) is 3.46. The summed E-state index contributed by atoms with van der Waals surface area (Å²) in [5, 5.41) is 18.7. The number of aliphatic carboxylic acids is 1. The molecule has 1 aromatic rings. The average Bonchev–Trinajstić information content (AvgIpc) is 2.61. The third-order valence-corrected chi connectivity index (χ3v) is 4.52. The number of nitrogens with zero attached hydrogens (tertiary/aromatic N) is 3. The van der Waals surface area contributed by atoms with Crippen LogP contribution in [-0.4, -0.2) is 33.4 Å². The van der Waals surface area contributed by atoms with Crippen LogP contribution in [0, 0.1) is 17.2 Å². The van der Waals surface area contributed by atoms with Gasteiger partial charge < -0.3 is 10.0 Å². The Morgan fingerprint density at radius 1 is 1.42 bits per heavy atom. The molecule has 6 heteroatoms. The largest absolute Gasteiger partial charge is 0.481 e. The molecule has 2 atom stereocenters. The minimum Gasteiger partial charge on any atom is -0.481 e. The van der Waals surface area contributed by atoms with Crippen LogP contribution < -0.4 is 0 Å². The van der Waals surface area contributed by atoms with Crippen molar-refractivity contribution in [3.05, 3.63) is 52.9 Å². The number of piperidine rings is 1. The van der Waals surface area contributed by atoms with Gasteiger partial charge in [-0.15, -0.1) is 0 Å². The van der Waals surface area contributed by atoms with Gasteiger partial charge in [0, 0.05) is 18.3 Å². The summed E-state index contributed by atoms with van der Waals surface area (Å²) < 4.78 is 0. The Labute approximate surface area is 139 Å². The third kappa shape index (κ3) is 2.48. The van der Waals surface area contributed by atoms with Gasteiger partial charge in [-0.1, -0.05) is 18.2 Å². The molecule has 1 aromatic heterocycles. The molecule has 3 rings (SSSR count). The number of carboxylic acid groups (broad SMARTS) is 1. The number of carbonyl (C=O) groups is 2. The number of pyridine rings is 1. The Bertz CT molecular complexity index is 787. The molecular weight excluding hydrogens is 306 g/mol. The maximum atomic E-state index is 12.8. The van der Waals surface area contributed by atoms with E-state index in [0.29, 0.717) is 23.3 Å². The molecule has 1 aliphatic heterocycles. The second-order valence-electron chi connectivity index (χ2n) is 5.80. The van der Waals surface area contributed by atoms with E-state index in [2.05, 4.69) is 4.98 Å². The van der Waals surface area contributed by atoms with Gasteiger partial charge in [0.15, 0.2) is 0 Å². The first-order chi connectivity index (χ1) is 11.6. The number of aromatic nitrogens is 1. The summed E-state index contributed by atoms with van der Waals surface area (Å²) >= 11 is 0. The van der Waals surface area contributed by atoms with Gasteiger partial charge in [-0.3, -0.25) is 9.59 Å². The van der Waals surface area contributed by atoms with E-state index in [-0.39, 0.29) is 11.6 Å². The quantitative estimate of drug-likeness (QED) is 0.920. The smallest absolute Gasteiger partial charge is 0.313 e. The van der Waals surface area contributed by atoms with Crippen molar-refractivity contribution < 1.29 is 14.7 Å². The molecule has 6 nitrogen and oxygen atoms in total. The van der Waals surface area contributed by atoms with Crippen LogP contribution >= 0.6 is 0 Å². The minimum atomic E-state index is -0.964. The highest BCUT2D eigenvalue weighted by molar-refractivity contribution is 6.02. The van der Waals surface area contributed by atoms with E-state index in [1.165, 1.54) is 6.20 Å². The number of rotatable bonds is 3. The van der Waals surface area contributed by atoms with Crippen LogP contribution in [0.1, 0.15) is 37.1 Å². The summed E-state index contributed by atoms with van der Waals surface area (Å²) in [6.45, 7) is 2.23. The minimum absolute atomic E-state index is 0.143. The van der Waals surface area contributed by atoms with Crippen LogP contribution in [0.4, 0.5) is 0 Å². The first kappa shape index (κ1) is 15.9. The van der Waals surface area contributed by atoms with Crippen LogP contribution in [0.3, 0.4) is 0 Å². The van der Waals surface area contributed by atoms with Crippen LogP contribution in [0.15, 0.2) is 41.6 Å². The lowest BCUT2D eigenvalue weighted by Gasteiger charge is -2.42. The molecular formula is C18H17N3O3. The van der Waals surface area contributed by atoms with Crippen molar-refractivity contribution in [1.29, 1.82) is 5.26 Å². The van der Waals surface area contributed by atoms with E-state index in [9.17, 15) is 14.7 Å². The summed E-state index contributed by atoms with van der Waals surface area (Å²) in [5.41, 5.74) is 1.99. The van der Waals surface area contributed by atoms with Gasteiger partial charge in [0.25, 0.3) is 5.91 Å². The van der Waals surface area contributed by atoms with E-state index >= 15 is 0 Å². The van der Waals surface area contributed by atoms with Gasteiger partial charge in [0.1, 0.15) is 17.7 Å². The first-order valence-corrected chi connectivity index (χ1v) is 7.88. The highest BCUT2D eigenvalue weighted by atomic mass is 16.4. The molecule has 0 radical (unpaired) electrons. The summed E-state index contributed by atoms with van der Waals surface area (Å²) in [7, 11) is 0. The van der Waals surface area contributed by atoms with E-state index < -0.39 is 17.9 Å². The second-order valence-corrected chi connectivity index (χ2v) is 5.80. The van der Waals surface area contributed by atoms with Crippen molar-refractivity contribution >= 4 is 11.9 Å². The molecule has 0 saturated carbocycles. The van der Waals surface area contributed by atoms with E-state index in [0.717, 1.165) is 12.8 Å². The molecule has 24 heavy (non-hydrogen) atoms. The van der Waals surface area contributed by atoms with Gasteiger partial charge in [0.05, 0.1) is 6.04 Å². The Kier molecular flexibility index (Phi) is 4.17. The third-order valence-electron chi connectivity index (χ3n) is 4.52. The maximum Gasteiger partial charge on any atom is 0.313 e. The van der Waals surface area contributed by atoms with Gasteiger partial charge >= 0.3 is 5.97 Å². The van der Waals surface area contributed by atoms with Crippen LogP contribution in [0.25, 0.3) is 0 Å². The summed E-state index contributed by atoms with van der Waals surface area (Å²) in [6.07, 6.45) is 6.68. The van der Waals surface area contributed by atoms with Crippen molar-refractivity contribution in [2.24, 2.45) is 5.92 Å². The Morgan fingerprint density at radius 2 is 2.17 bits per heavy atom. The van der Waals surface area contributed by atoms with Gasteiger partial charge in [-0.05, 0) is 37.0 Å². The zero-order chi connectivity index (χ0) is 17.3. The van der Waals surface area contributed by atoms with Crippen LogP contribution in [-0.2, 0) is 9.59 Å². The van der Waals surface area contributed by atoms with Gasteiger partial charge in [-0.2, -0.15) is 5.26 Å². The lowest BCUT2D eigenvalue weighted by Crippen LogP contribution is -2.48. The lowest BCUT2D eigenvalue weighted by molar-refractivity contribution is -0.146. The normalized spacial score (nSPS) is 23.0. The Morgan fingerprint density at radius 3 is 2.75 bits per heavy atom. The number of hydrogen-bond donors (Lipinski definition) is 1. The fraction of sp³-hybridized carbons (Fsp3) is 0.333. The highest BCUT2D eigenvalue weighted by Gasteiger charge is 2.46. The standard InChI is InChI=1S/C18H17N3O3/c1-2-21-16(11-7-8-12(9-19)20-10-11)15(18(23)24)13-5-3-4-6-14(13)17(21)22/h5-8,10,15-16H,2-4H2,1H3,(H,23,24)/t15-,16-/m0/s1. The summed E-state index contributed by atoms with van der Waals surface area (Å²) in [5.74, 6) is -1.94. The summed E-state index contributed by atoms with van der Waals surface area (Å²) in [6, 6.07) is 4.55. The van der Waals surface area contributed by atoms with E-state index in [4.69, 9.17) is 5.26 Å². The number of nitriles is 1. The van der Waals surface area contributed by atoms with Crippen molar-refractivity contribution in [2.45, 2.75) is 25.8 Å². The van der Waals surface area contributed by atoms with Crippen LogP contribution in [0.5, 0.6) is 0 Å². The molecule has 2 aliphatic rings. The molecule has 1 N–H and O–H groups in total. The zero-order valence-electron chi connectivity index (χ0n) is 13.3. The molecule has 122 valence electrons. The van der Waals surface area contributed by atoms with Gasteiger partial charge in [-0.25, -0.2) is 4.98 Å². The number of likely N-dealkylation sites (tertiary alicyclic amines) is 1. The van der Waals surface area contributed by atoms with Crippen molar-refractivity contribution in [1.82, 2.24) is 9.88 Å². The molecule has 1 saturated heterocycles. The topological polar surface area (TPSA) is 94.3 Å². The Balaban J connectivity index is 2.13. The number of hydrogen-bond acceptors (Lipinski definition) is 4. The summed E-state index contributed by atoms with van der Waals surface area (Å²) in [4.78, 5) is 30.4. The predicted octanol–water partition coefficient (Wildman–Crippen LogP) is 2.20. The lowest BCUT2D eigenvalue weighted by atomic mass is 9.76. The zero-order valence-corrected chi connectivity index (χ0v) is 13.3. The van der Waals surface area contributed by atoms with Gasteiger partial charge in [0.2, 0.25) is 0 Å².